The monoisotopic (exact) mass is 282 g/mol. The topological polar surface area (TPSA) is 54.4 Å². The minimum atomic E-state index is -4.21. The fourth-order valence-corrected chi connectivity index (χ4v) is 1.96. The van der Waals surface area contributed by atoms with E-state index in [1.807, 2.05) is 0 Å². The quantitative estimate of drug-likeness (QED) is 0.666. The first-order chi connectivity index (χ1) is 8.18. The SMILES string of the molecule is O=S(=O)(O)c1ccc(CCCCC(F)(F)F)cc1. The van der Waals surface area contributed by atoms with E-state index in [0.717, 1.165) is 5.56 Å². The molecule has 7 heteroatoms. The molecule has 0 saturated heterocycles. The summed E-state index contributed by atoms with van der Waals surface area (Å²) in [5, 5.41) is 0. The molecule has 0 aliphatic heterocycles. The lowest BCUT2D eigenvalue weighted by Gasteiger charge is -2.06. The van der Waals surface area contributed by atoms with Crippen LogP contribution >= 0.6 is 0 Å². The number of unbranched alkanes of at least 4 members (excludes halogenated alkanes) is 1. The summed E-state index contributed by atoms with van der Waals surface area (Å²) in [5.41, 5.74) is 0.740. The number of hydrogen-bond donors (Lipinski definition) is 1. The average molecular weight is 282 g/mol. The van der Waals surface area contributed by atoms with E-state index in [-0.39, 0.29) is 11.3 Å². The summed E-state index contributed by atoms with van der Waals surface area (Å²) < 4.78 is 65.8. The zero-order valence-electron chi connectivity index (χ0n) is 9.44. The summed E-state index contributed by atoms with van der Waals surface area (Å²) in [6.07, 6.45) is -4.07. The van der Waals surface area contributed by atoms with Crippen molar-refractivity contribution < 1.29 is 26.1 Å². The van der Waals surface area contributed by atoms with Crippen LogP contribution in [0.3, 0.4) is 0 Å². The molecule has 0 fully saturated rings. The normalized spacial score (nSPS) is 12.7. The summed E-state index contributed by atoms with van der Waals surface area (Å²) >= 11 is 0. The molecule has 0 atom stereocenters. The van der Waals surface area contributed by atoms with Crippen molar-refractivity contribution >= 4 is 10.1 Å². The van der Waals surface area contributed by atoms with Crippen LogP contribution < -0.4 is 0 Å². The summed E-state index contributed by atoms with van der Waals surface area (Å²) in [5.74, 6) is 0. The fraction of sp³-hybridized carbons (Fsp3) is 0.455. The van der Waals surface area contributed by atoms with Gasteiger partial charge in [-0.15, -0.1) is 0 Å². The lowest BCUT2D eigenvalue weighted by Crippen LogP contribution is -2.06. The van der Waals surface area contributed by atoms with Crippen molar-refractivity contribution in [2.24, 2.45) is 0 Å². The molecule has 0 aromatic heterocycles. The van der Waals surface area contributed by atoms with Crippen LogP contribution in [0.1, 0.15) is 24.8 Å². The highest BCUT2D eigenvalue weighted by Crippen LogP contribution is 2.23. The minimum Gasteiger partial charge on any atom is -0.282 e. The molecule has 0 heterocycles. The van der Waals surface area contributed by atoms with Crippen molar-refractivity contribution in [1.82, 2.24) is 0 Å². The van der Waals surface area contributed by atoms with Crippen molar-refractivity contribution in [1.29, 1.82) is 0 Å². The molecule has 18 heavy (non-hydrogen) atoms. The molecule has 1 N–H and O–H groups in total. The van der Waals surface area contributed by atoms with Crippen molar-refractivity contribution in [3.63, 3.8) is 0 Å². The van der Waals surface area contributed by atoms with Crippen LogP contribution in [0.15, 0.2) is 29.2 Å². The molecule has 0 spiro atoms. The van der Waals surface area contributed by atoms with Crippen molar-refractivity contribution in [2.45, 2.75) is 36.8 Å². The lowest BCUT2D eigenvalue weighted by molar-refractivity contribution is -0.135. The van der Waals surface area contributed by atoms with E-state index in [2.05, 4.69) is 0 Å². The van der Waals surface area contributed by atoms with Crippen LogP contribution in [0.5, 0.6) is 0 Å². The highest BCUT2D eigenvalue weighted by atomic mass is 32.2. The highest BCUT2D eigenvalue weighted by Gasteiger charge is 2.25. The van der Waals surface area contributed by atoms with Gasteiger partial charge in [-0.25, -0.2) is 0 Å². The smallest absolute Gasteiger partial charge is 0.282 e. The predicted molar refractivity (Wildman–Crippen MR) is 59.9 cm³/mol. The first-order valence-corrected chi connectivity index (χ1v) is 6.76. The largest absolute Gasteiger partial charge is 0.389 e. The Morgan fingerprint density at radius 1 is 1.06 bits per heavy atom. The molecular weight excluding hydrogens is 269 g/mol. The van der Waals surface area contributed by atoms with Crippen LogP contribution in [-0.4, -0.2) is 19.1 Å². The van der Waals surface area contributed by atoms with Gasteiger partial charge in [0, 0.05) is 6.42 Å². The molecule has 102 valence electrons. The number of aryl methyl sites for hydroxylation is 1. The van der Waals surface area contributed by atoms with Crippen molar-refractivity contribution in [3.05, 3.63) is 29.8 Å². The van der Waals surface area contributed by atoms with Gasteiger partial charge >= 0.3 is 6.18 Å². The second-order valence-corrected chi connectivity index (χ2v) is 5.36. The molecule has 0 saturated carbocycles. The van der Waals surface area contributed by atoms with E-state index >= 15 is 0 Å². The maximum Gasteiger partial charge on any atom is 0.389 e. The first-order valence-electron chi connectivity index (χ1n) is 5.32. The molecule has 3 nitrogen and oxygen atoms in total. The molecular formula is C11H13F3O3S. The maximum absolute atomic E-state index is 11.9. The van der Waals surface area contributed by atoms with Gasteiger partial charge in [-0.3, -0.25) is 4.55 Å². The molecule has 1 aromatic rings. The fourth-order valence-electron chi connectivity index (χ4n) is 1.48. The molecule has 0 bridgehead atoms. The molecule has 0 aliphatic rings. The van der Waals surface area contributed by atoms with Gasteiger partial charge < -0.3 is 0 Å². The summed E-state index contributed by atoms with van der Waals surface area (Å²) in [4.78, 5) is -0.221. The van der Waals surface area contributed by atoms with Crippen LogP contribution in [0.25, 0.3) is 0 Å². The van der Waals surface area contributed by atoms with Crippen LogP contribution in [-0.2, 0) is 16.5 Å². The third-order valence-corrected chi connectivity index (χ3v) is 3.26. The molecule has 0 aliphatic carbocycles. The van der Waals surface area contributed by atoms with Gasteiger partial charge in [0.1, 0.15) is 0 Å². The maximum atomic E-state index is 11.9. The Hall–Kier alpha value is -1.08. The zero-order chi connectivity index (χ0) is 13.8. The van der Waals surface area contributed by atoms with Crippen LogP contribution in [0.4, 0.5) is 13.2 Å². The van der Waals surface area contributed by atoms with Gasteiger partial charge in [0.05, 0.1) is 4.90 Å². The Morgan fingerprint density at radius 3 is 2.06 bits per heavy atom. The predicted octanol–water partition coefficient (Wildman–Crippen LogP) is 3.21. The van der Waals surface area contributed by atoms with Gasteiger partial charge in [-0.2, -0.15) is 21.6 Å². The van der Waals surface area contributed by atoms with Gasteiger partial charge in [0.15, 0.2) is 0 Å². The van der Waals surface area contributed by atoms with E-state index in [4.69, 9.17) is 4.55 Å². The third-order valence-electron chi connectivity index (χ3n) is 2.40. The second-order valence-electron chi connectivity index (χ2n) is 3.94. The number of alkyl halides is 3. The van der Waals surface area contributed by atoms with Crippen molar-refractivity contribution in [3.8, 4) is 0 Å². The number of halogens is 3. The lowest BCUT2D eigenvalue weighted by atomic mass is 10.1. The first kappa shape index (κ1) is 15.0. The Balaban J connectivity index is 2.45. The van der Waals surface area contributed by atoms with Gasteiger partial charge in [0.2, 0.25) is 0 Å². The second kappa shape index (κ2) is 5.71. The van der Waals surface area contributed by atoms with E-state index < -0.39 is 22.7 Å². The van der Waals surface area contributed by atoms with Crippen molar-refractivity contribution in [2.75, 3.05) is 0 Å². The highest BCUT2D eigenvalue weighted by molar-refractivity contribution is 7.85. The number of hydrogen-bond acceptors (Lipinski definition) is 2. The molecule has 1 aromatic carbocycles. The molecule has 0 radical (unpaired) electrons. The Bertz CT molecular complexity index is 477. The van der Waals surface area contributed by atoms with E-state index in [9.17, 15) is 21.6 Å². The van der Waals surface area contributed by atoms with Gasteiger partial charge in [0.25, 0.3) is 10.1 Å². The Labute approximate surface area is 103 Å². The van der Waals surface area contributed by atoms with E-state index in [1.165, 1.54) is 24.3 Å². The molecule has 1 rings (SSSR count). The van der Waals surface area contributed by atoms with E-state index in [0.29, 0.717) is 12.8 Å². The minimum absolute atomic E-state index is 0.0452. The van der Waals surface area contributed by atoms with Crippen LogP contribution in [0, 0.1) is 0 Å². The van der Waals surface area contributed by atoms with Gasteiger partial charge in [-0.1, -0.05) is 12.1 Å². The summed E-state index contributed by atoms with van der Waals surface area (Å²) in [6.45, 7) is 0. The number of benzene rings is 1. The Morgan fingerprint density at radius 2 is 1.61 bits per heavy atom. The molecule has 0 unspecified atom stereocenters. The average Bonchev–Trinajstić information content (AvgIpc) is 2.22. The number of rotatable bonds is 5. The summed E-state index contributed by atoms with van der Waals surface area (Å²) in [6, 6.07) is 5.43. The Kier molecular flexibility index (Phi) is 4.75. The van der Waals surface area contributed by atoms with Crippen LogP contribution in [0.2, 0.25) is 0 Å². The van der Waals surface area contributed by atoms with Gasteiger partial charge in [-0.05, 0) is 37.0 Å². The standard InChI is InChI=1S/C11H13F3O3S/c12-11(13,14)8-2-1-3-9-4-6-10(7-5-9)18(15,16)17/h4-7H,1-3,8H2,(H,15,16,17). The zero-order valence-corrected chi connectivity index (χ0v) is 10.3. The van der Waals surface area contributed by atoms with E-state index in [1.54, 1.807) is 0 Å². The third kappa shape index (κ3) is 5.50. The summed E-state index contributed by atoms with van der Waals surface area (Å²) in [7, 11) is -4.21. The molecule has 0 amide bonds.